The molecule has 6 nitrogen and oxygen atoms in total. The van der Waals surface area contributed by atoms with Crippen molar-refractivity contribution in [3.05, 3.63) is 36.2 Å². The number of nitrogens with two attached hydrogens (primary N) is 1. The smallest absolute Gasteiger partial charge is 0.171 e. The van der Waals surface area contributed by atoms with E-state index < -0.39 is 0 Å². The molecular weight excluding hydrogens is 252 g/mol. The second-order valence-corrected chi connectivity index (χ2v) is 4.37. The summed E-state index contributed by atoms with van der Waals surface area (Å²) in [6.45, 7) is 0. The van der Waals surface area contributed by atoms with Crippen LogP contribution in [0.2, 0.25) is 0 Å². The van der Waals surface area contributed by atoms with Crippen molar-refractivity contribution in [2.24, 2.45) is 10.9 Å². The van der Waals surface area contributed by atoms with Gasteiger partial charge in [-0.3, -0.25) is 0 Å². The quantitative estimate of drug-likeness (QED) is 0.338. The number of aromatic amines is 1. The van der Waals surface area contributed by atoms with E-state index in [9.17, 15) is 0 Å². The van der Waals surface area contributed by atoms with Crippen LogP contribution in [0.4, 0.5) is 0 Å². The van der Waals surface area contributed by atoms with Gasteiger partial charge >= 0.3 is 0 Å². The number of nitrogens with one attached hydrogen (secondary N) is 1. The third-order valence-corrected chi connectivity index (χ3v) is 3.23. The Morgan fingerprint density at radius 3 is 3.00 bits per heavy atom. The van der Waals surface area contributed by atoms with Crippen molar-refractivity contribution in [3.63, 3.8) is 0 Å². The minimum atomic E-state index is 0.0479. The normalized spacial score (nSPS) is 11.5. The van der Waals surface area contributed by atoms with Crippen LogP contribution in [-0.2, 0) is 0 Å². The Labute approximate surface area is 108 Å². The highest BCUT2D eigenvalue weighted by molar-refractivity contribution is 7.99. The molecule has 0 radical (unpaired) electrons. The van der Waals surface area contributed by atoms with Gasteiger partial charge in [-0.25, -0.2) is 4.98 Å². The number of hydrogen-bond acceptors (Lipinski definition) is 5. The molecule has 0 unspecified atom stereocenters. The number of hydrogen-bond donors (Lipinski definition) is 3. The minimum Gasteiger partial charge on any atom is -0.497 e. The van der Waals surface area contributed by atoms with Crippen LogP contribution in [0.3, 0.4) is 0 Å². The maximum absolute atomic E-state index is 8.76. The molecule has 0 amide bonds. The highest BCUT2D eigenvalue weighted by atomic mass is 32.2. The van der Waals surface area contributed by atoms with Crippen molar-refractivity contribution >= 4 is 17.6 Å². The molecule has 0 aliphatic heterocycles. The molecule has 2 aromatic rings. The molecule has 2 rings (SSSR count). The van der Waals surface area contributed by atoms with Gasteiger partial charge in [0.1, 0.15) is 5.75 Å². The Hall–Kier alpha value is -2.15. The van der Waals surface area contributed by atoms with E-state index >= 15 is 0 Å². The fraction of sp³-hybridized carbons (Fsp3) is 0.0909. The number of aromatic nitrogens is 2. The average molecular weight is 264 g/mol. The lowest BCUT2D eigenvalue weighted by Gasteiger charge is -2.08. The molecular formula is C11H12N4O2S. The van der Waals surface area contributed by atoms with E-state index in [-0.39, 0.29) is 5.84 Å². The van der Waals surface area contributed by atoms with E-state index in [2.05, 4.69) is 15.1 Å². The van der Waals surface area contributed by atoms with Gasteiger partial charge in [-0.1, -0.05) is 16.9 Å². The Morgan fingerprint density at radius 2 is 2.39 bits per heavy atom. The lowest BCUT2D eigenvalue weighted by Crippen LogP contribution is -2.14. The molecule has 18 heavy (non-hydrogen) atoms. The SMILES string of the molecule is COc1ccc(/C(N)=N/O)c(Sc2ncc[nH]2)c1. The summed E-state index contributed by atoms with van der Waals surface area (Å²) in [5.74, 6) is 0.741. The van der Waals surface area contributed by atoms with Crippen molar-refractivity contribution in [2.75, 3.05) is 7.11 Å². The zero-order valence-electron chi connectivity index (χ0n) is 9.62. The average Bonchev–Trinajstić information content (AvgIpc) is 2.90. The number of ether oxygens (including phenoxy) is 1. The first-order valence-electron chi connectivity index (χ1n) is 5.07. The molecule has 0 spiro atoms. The van der Waals surface area contributed by atoms with Gasteiger partial charge in [0.2, 0.25) is 0 Å². The molecule has 1 aromatic heterocycles. The first-order valence-corrected chi connectivity index (χ1v) is 5.89. The minimum absolute atomic E-state index is 0.0479. The van der Waals surface area contributed by atoms with Crippen molar-refractivity contribution < 1.29 is 9.94 Å². The molecule has 7 heteroatoms. The lowest BCUT2D eigenvalue weighted by atomic mass is 10.2. The van der Waals surface area contributed by atoms with Crippen LogP contribution in [0.25, 0.3) is 0 Å². The second kappa shape index (κ2) is 5.46. The van der Waals surface area contributed by atoms with Crippen LogP contribution in [-0.4, -0.2) is 28.1 Å². The first kappa shape index (κ1) is 12.3. The first-order chi connectivity index (χ1) is 8.74. The standard InChI is InChI=1S/C11H12N4O2S/c1-17-7-2-3-8(10(12)15-16)9(6-7)18-11-13-4-5-14-11/h2-6,16H,1H3,(H2,12,15)(H,13,14). The number of methoxy groups -OCH3 is 1. The number of amidine groups is 1. The van der Waals surface area contributed by atoms with Crippen molar-refractivity contribution in [3.8, 4) is 5.75 Å². The third-order valence-electron chi connectivity index (χ3n) is 2.25. The fourth-order valence-electron chi connectivity index (χ4n) is 1.39. The van der Waals surface area contributed by atoms with Crippen LogP contribution in [0.15, 0.2) is 45.8 Å². The fourth-order valence-corrected chi connectivity index (χ4v) is 2.30. The predicted octanol–water partition coefficient (Wildman–Crippen LogP) is 1.66. The monoisotopic (exact) mass is 264 g/mol. The van der Waals surface area contributed by atoms with Crippen molar-refractivity contribution in [2.45, 2.75) is 10.1 Å². The van der Waals surface area contributed by atoms with Crippen molar-refractivity contribution in [1.29, 1.82) is 0 Å². The lowest BCUT2D eigenvalue weighted by molar-refractivity contribution is 0.318. The number of oxime groups is 1. The maximum atomic E-state index is 8.76. The molecule has 0 saturated carbocycles. The summed E-state index contributed by atoms with van der Waals surface area (Å²) in [5, 5.41) is 12.5. The zero-order valence-corrected chi connectivity index (χ0v) is 10.4. The number of rotatable bonds is 4. The summed E-state index contributed by atoms with van der Waals surface area (Å²) in [4.78, 5) is 7.88. The van der Waals surface area contributed by atoms with Crippen LogP contribution >= 0.6 is 11.8 Å². The van der Waals surface area contributed by atoms with Gasteiger partial charge in [-0.2, -0.15) is 0 Å². The van der Waals surface area contributed by atoms with Crippen LogP contribution in [0, 0.1) is 0 Å². The molecule has 1 heterocycles. The van der Waals surface area contributed by atoms with E-state index in [1.54, 1.807) is 37.7 Å². The van der Waals surface area contributed by atoms with Gasteiger partial charge in [0.15, 0.2) is 11.0 Å². The Kier molecular flexibility index (Phi) is 3.73. The van der Waals surface area contributed by atoms with E-state index in [0.29, 0.717) is 11.3 Å². The van der Waals surface area contributed by atoms with Gasteiger partial charge in [-0.15, -0.1) is 0 Å². The second-order valence-electron chi connectivity index (χ2n) is 3.34. The van der Waals surface area contributed by atoms with Gasteiger partial charge in [-0.05, 0) is 18.2 Å². The summed E-state index contributed by atoms with van der Waals surface area (Å²) in [6.07, 6.45) is 3.39. The molecule has 0 bridgehead atoms. The zero-order chi connectivity index (χ0) is 13.0. The number of benzene rings is 1. The predicted molar refractivity (Wildman–Crippen MR) is 68.2 cm³/mol. The van der Waals surface area contributed by atoms with E-state index in [4.69, 9.17) is 15.7 Å². The highest BCUT2D eigenvalue weighted by Gasteiger charge is 2.11. The molecule has 4 N–H and O–H groups in total. The van der Waals surface area contributed by atoms with Crippen LogP contribution in [0.1, 0.15) is 5.56 Å². The molecule has 0 aliphatic rings. The number of H-pyrrole nitrogens is 1. The van der Waals surface area contributed by atoms with E-state index in [0.717, 1.165) is 10.1 Å². The van der Waals surface area contributed by atoms with Gasteiger partial charge < -0.3 is 20.7 Å². The number of imidazole rings is 1. The Bertz CT molecular complexity index is 554. The Balaban J connectivity index is 2.41. The van der Waals surface area contributed by atoms with Gasteiger partial charge in [0, 0.05) is 22.9 Å². The van der Waals surface area contributed by atoms with Gasteiger partial charge in [0.05, 0.1) is 7.11 Å². The summed E-state index contributed by atoms with van der Waals surface area (Å²) in [6, 6.07) is 5.29. The molecule has 0 aliphatic carbocycles. The van der Waals surface area contributed by atoms with Gasteiger partial charge in [0.25, 0.3) is 0 Å². The third kappa shape index (κ3) is 2.57. The summed E-state index contributed by atoms with van der Waals surface area (Å²) < 4.78 is 5.16. The van der Waals surface area contributed by atoms with Crippen molar-refractivity contribution in [1.82, 2.24) is 9.97 Å². The molecule has 1 aromatic carbocycles. The van der Waals surface area contributed by atoms with Crippen LogP contribution in [0.5, 0.6) is 5.75 Å². The highest BCUT2D eigenvalue weighted by Crippen LogP contribution is 2.31. The molecule has 0 saturated heterocycles. The summed E-state index contributed by atoms with van der Waals surface area (Å²) in [7, 11) is 1.58. The summed E-state index contributed by atoms with van der Waals surface area (Å²) >= 11 is 1.38. The molecule has 94 valence electrons. The Morgan fingerprint density at radius 1 is 1.56 bits per heavy atom. The van der Waals surface area contributed by atoms with Crippen LogP contribution < -0.4 is 10.5 Å². The topological polar surface area (TPSA) is 96.5 Å². The molecule has 0 fully saturated rings. The molecule has 0 atom stereocenters. The number of nitrogens with zero attached hydrogens (tertiary/aromatic N) is 2. The summed E-state index contributed by atoms with van der Waals surface area (Å²) in [5.41, 5.74) is 6.26. The van der Waals surface area contributed by atoms with E-state index in [1.165, 1.54) is 11.8 Å². The largest absolute Gasteiger partial charge is 0.497 e. The van der Waals surface area contributed by atoms with E-state index in [1.807, 2.05) is 0 Å². The maximum Gasteiger partial charge on any atom is 0.171 e.